The van der Waals surface area contributed by atoms with Gasteiger partial charge in [-0.15, -0.1) is 0 Å². The fraction of sp³-hybridized carbons (Fsp3) is 0.250. The summed E-state index contributed by atoms with van der Waals surface area (Å²) in [6.07, 6.45) is 3.09. The number of benzene rings is 2. The van der Waals surface area contributed by atoms with E-state index in [1.807, 2.05) is 18.2 Å². The lowest BCUT2D eigenvalue weighted by Crippen LogP contribution is -2.08. The molecule has 30 heavy (non-hydrogen) atoms. The molecule has 0 amide bonds. The summed E-state index contributed by atoms with van der Waals surface area (Å²) in [4.78, 5) is 24.7. The lowest BCUT2D eigenvalue weighted by atomic mass is 10.0. The molecule has 0 unspecified atom stereocenters. The zero-order valence-electron chi connectivity index (χ0n) is 16.7. The van der Waals surface area contributed by atoms with Crippen molar-refractivity contribution in [3.63, 3.8) is 0 Å². The van der Waals surface area contributed by atoms with Crippen molar-refractivity contribution in [3.05, 3.63) is 74.8 Å². The average Bonchev–Trinajstić information content (AvgIpc) is 3.33. The van der Waals surface area contributed by atoms with Crippen LogP contribution in [0.3, 0.4) is 0 Å². The van der Waals surface area contributed by atoms with Gasteiger partial charge < -0.3 is 18.3 Å². The average molecular weight is 404 g/mol. The third-order valence-corrected chi connectivity index (χ3v) is 5.73. The molecule has 0 spiro atoms. The number of carbonyl (C=O) groups excluding carboxylic acids is 1. The molecule has 0 aliphatic heterocycles. The number of furan rings is 1. The van der Waals surface area contributed by atoms with Crippen LogP contribution in [0.4, 0.5) is 0 Å². The topological polar surface area (TPSA) is 78.9 Å². The number of methoxy groups -OCH3 is 1. The zero-order chi connectivity index (χ0) is 20.8. The summed E-state index contributed by atoms with van der Waals surface area (Å²) in [5.41, 5.74) is 4.43. The van der Waals surface area contributed by atoms with E-state index in [1.165, 1.54) is 17.2 Å². The molecule has 0 N–H and O–H groups in total. The molecule has 0 saturated heterocycles. The first-order valence-electron chi connectivity index (χ1n) is 9.86. The summed E-state index contributed by atoms with van der Waals surface area (Å²) in [5, 5.41) is 1.59. The number of hydrogen-bond donors (Lipinski definition) is 0. The third-order valence-electron chi connectivity index (χ3n) is 5.73. The molecule has 2 aromatic heterocycles. The number of esters is 1. The van der Waals surface area contributed by atoms with Crippen LogP contribution in [0.5, 0.6) is 5.75 Å². The van der Waals surface area contributed by atoms with E-state index < -0.39 is 11.6 Å². The first-order chi connectivity index (χ1) is 14.5. The van der Waals surface area contributed by atoms with Gasteiger partial charge in [0.05, 0.1) is 7.11 Å². The van der Waals surface area contributed by atoms with Crippen LogP contribution in [0.1, 0.15) is 39.2 Å². The van der Waals surface area contributed by atoms with Gasteiger partial charge in [-0.3, -0.25) is 0 Å². The largest absolute Gasteiger partial charge is 0.497 e. The van der Waals surface area contributed by atoms with Crippen molar-refractivity contribution in [2.45, 2.75) is 32.8 Å². The molecule has 0 bridgehead atoms. The van der Waals surface area contributed by atoms with Gasteiger partial charge in [-0.1, -0.05) is 0 Å². The van der Waals surface area contributed by atoms with Gasteiger partial charge in [0.1, 0.15) is 23.5 Å². The van der Waals surface area contributed by atoms with E-state index in [-0.39, 0.29) is 12.4 Å². The van der Waals surface area contributed by atoms with Gasteiger partial charge in [0.25, 0.3) is 0 Å². The van der Waals surface area contributed by atoms with E-state index in [4.69, 9.17) is 18.3 Å². The highest BCUT2D eigenvalue weighted by Crippen LogP contribution is 2.31. The highest BCUT2D eigenvalue weighted by Gasteiger charge is 2.21. The summed E-state index contributed by atoms with van der Waals surface area (Å²) in [6, 6.07) is 10.7. The normalized spacial score (nSPS) is 13.0. The Hall–Kier alpha value is -3.54. The van der Waals surface area contributed by atoms with E-state index in [9.17, 15) is 9.59 Å². The molecule has 0 saturated carbocycles. The van der Waals surface area contributed by atoms with Gasteiger partial charge in [0.2, 0.25) is 5.76 Å². The molecule has 2 aromatic carbocycles. The minimum absolute atomic E-state index is 0.0421. The van der Waals surface area contributed by atoms with Gasteiger partial charge in [0.15, 0.2) is 0 Å². The minimum atomic E-state index is -0.579. The molecule has 2 heterocycles. The van der Waals surface area contributed by atoms with Gasteiger partial charge in [0, 0.05) is 28.0 Å². The summed E-state index contributed by atoms with van der Waals surface area (Å²) in [7, 11) is 1.59. The van der Waals surface area contributed by atoms with E-state index in [2.05, 4.69) is 0 Å². The maximum absolute atomic E-state index is 12.7. The van der Waals surface area contributed by atoms with E-state index in [0.29, 0.717) is 28.0 Å². The number of hydrogen-bond acceptors (Lipinski definition) is 6. The number of ether oxygens (including phenoxy) is 2. The van der Waals surface area contributed by atoms with Crippen LogP contribution in [0.15, 0.2) is 50.0 Å². The maximum Gasteiger partial charge on any atom is 0.374 e. The number of rotatable bonds is 4. The minimum Gasteiger partial charge on any atom is -0.497 e. The van der Waals surface area contributed by atoms with Gasteiger partial charge >= 0.3 is 11.6 Å². The maximum atomic E-state index is 12.7. The highest BCUT2D eigenvalue weighted by atomic mass is 16.5. The van der Waals surface area contributed by atoms with Gasteiger partial charge in [-0.25, -0.2) is 9.59 Å². The zero-order valence-corrected chi connectivity index (χ0v) is 16.7. The molecular weight excluding hydrogens is 384 g/mol. The fourth-order valence-corrected chi connectivity index (χ4v) is 4.14. The second-order valence-electron chi connectivity index (χ2n) is 7.56. The van der Waals surface area contributed by atoms with E-state index >= 15 is 0 Å². The van der Waals surface area contributed by atoms with Gasteiger partial charge in [-0.2, -0.15) is 0 Å². The van der Waals surface area contributed by atoms with Crippen LogP contribution in [0.2, 0.25) is 0 Å². The van der Waals surface area contributed by atoms with Crippen LogP contribution in [-0.4, -0.2) is 13.1 Å². The summed E-state index contributed by atoms with van der Waals surface area (Å²) < 4.78 is 21.8. The Morgan fingerprint density at radius 3 is 2.60 bits per heavy atom. The molecule has 4 aromatic rings. The molecule has 1 aliphatic carbocycles. The summed E-state index contributed by atoms with van der Waals surface area (Å²) in [6.45, 7) is 1.76. The summed E-state index contributed by atoms with van der Waals surface area (Å²) in [5.74, 6) is 0.248. The van der Waals surface area contributed by atoms with Crippen LogP contribution in [0, 0.1) is 6.92 Å². The fourth-order valence-electron chi connectivity index (χ4n) is 4.14. The highest BCUT2D eigenvalue weighted by molar-refractivity contribution is 5.96. The predicted molar refractivity (Wildman–Crippen MR) is 111 cm³/mol. The molecule has 1 aliphatic rings. The van der Waals surface area contributed by atoms with Crippen molar-refractivity contribution in [1.82, 2.24) is 0 Å². The van der Waals surface area contributed by atoms with Gasteiger partial charge in [-0.05, 0) is 67.6 Å². The molecule has 5 rings (SSSR count). The van der Waals surface area contributed by atoms with Crippen molar-refractivity contribution in [2.24, 2.45) is 0 Å². The van der Waals surface area contributed by atoms with Crippen molar-refractivity contribution >= 4 is 27.9 Å². The Bertz CT molecular complexity index is 1360. The molecule has 6 nitrogen and oxygen atoms in total. The monoisotopic (exact) mass is 404 g/mol. The number of aryl methyl sites for hydroxylation is 3. The summed E-state index contributed by atoms with van der Waals surface area (Å²) >= 11 is 0. The molecule has 6 heteroatoms. The lowest BCUT2D eigenvalue weighted by molar-refractivity contribution is 0.0438. The van der Waals surface area contributed by atoms with Crippen molar-refractivity contribution in [3.8, 4) is 5.75 Å². The van der Waals surface area contributed by atoms with E-state index in [1.54, 1.807) is 26.2 Å². The van der Waals surface area contributed by atoms with Crippen LogP contribution < -0.4 is 10.4 Å². The quantitative estimate of drug-likeness (QED) is 0.362. The third kappa shape index (κ3) is 3.05. The van der Waals surface area contributed by atoms with Crippen molar-refractivity contribution in [1.29, 1.82) is 0 Å². The molecular formula is C24H20O6. The van der Waals surface area contributed by atoms with Crippen LogP contribution >= 0.6 is 0 Å². The Balaban J connectivity index is 1.46. The first-order valence-corrected chi connectivity index (χ1v) is 9.86. The number of fused-ring (bicyclic) bond motifs is 3. The second-order valence-corrected chi connectivity index (χ2v) is 7.56. The molecule has 0 radical (unpaired) electrons. The number of carbonyl (C=O) groups is 1. The standard InChI is InChI=1S/C24H20O6/c1-13-18-11-17(27-2)6-7-20(18)30-23(13)24(26)28-12-16-10-22(25)29-21-9-15-5-3-4-14(15)8-19(16)21/h6-11H,3-5,12H2,1-2H3. The smallest absolute Gasteiger partial charge is 0.374 e. The Morgan fingerprint density at radius 1 is 1.00 bits per heavy atom. The molecule has 0 atom stereocenters. The second kappa shape index (κ2) is 7.06. The first kappa shape index (κ1) is 18.5. The van der Waals surface area contributed by atoms with Crippen molar-refractivity contribution in [2.75, 3.05) is 7.11 Å². The molecule has 152 valence electrons. The van der Waals surface area contributed by atoms with Crippen LogP contribution in [0.25, 0.3) is 21.9 Å². The SMILES string of the molecule is COc1ccc2oc(C(=O)OCc3cc(=O)oc4cc5c(cc34)CCC5)c(C)c2c1. The Kier molecular flexibility index (Phi) is 4.35. The Labute approximate surface area is 172 Å². The molecule has 0 fully saturated rings. The Morgan fingerprint density at radius 2 is 1.80 bits per heavy atom. The van der Waals surface area contributed by atoms with Crippen LogP contribution in [-0.2, 0) is 24.2 Å². The van der Waals surface area contributed by atoms with E-state index in [0.717, 1.165) is 30.0 Å². The van der Waals surface area contributed by atoms with Crippen molar-refractivity contribution < 1.29 is 23.1 Å². The predicted octanol–water partition coefficient (Wildman–Crippen LogP) is 4.70. The lowest BCUT2D eigenvalue weighted by Gasteiger charge is -2.08.